The van der Waals surface area contributed by atoms with Crippen molar-refractivity contribution in [2.45, 2.75) is 13.8 Å². The van der Waals surface area contributed by atoms with Crippen molar-refractivity contribution in [3.05, 3.63) is 41.0 Å². The van der Waals surface area contributed by atoms with E-state index in [1.807, 2.05) is 32.0 Å². The summed E-state index contributed by atoms with van der Waals surface area (Å²) < 4.78 is 0. The summed E-state index contributed by atoms with van der Waals surface area (Å²) in [5.74, 6) is 0.153. The fourth-order valence-corrected chi connectivity index (χ4v) is 1.67. The van der Waals surface area contributed by atoms with E-state index in [0.717, 1.165) is 22.3 Å². The molecule has 1 aliphatic rings. The minimum absolute atomic E-state index is 0.153. The van der Waals surface area contributed by atoms with Crippen LogP contribution >= 0.6 is 0 Å². The van der Waals surface area contributed by atoms with Crippen molar-refractivity contribution in [3.63, 3.8) is 0 Å². The third kappa shape index (κ3) is 0.828. The van der Waals surface area contributed by atoms with Gasteiger partial charge < -0.3 is 0 Å². The van der Waals surface area contributed by atoms with E-state index in [4.69, 9.17) is 0 Å². The fraction of sp³-hybridized carbons (Fsp3) is 0.182. The average molecular weight is 158 g/mol. The van der Waals surface area contributed by atoms with Crippen LogP contribution in [0.25, 0.3) is 5.57 Å². The van der Waals surface area contributed by atoms with Gasteiger partial charge in [-0.3, -0.25) is 4.79 Å². The van der Waals surface area contributed by atoms with Crippen LogP contribution in [0.5, 0.6) is 0 Å². The Morgan fingerprint density at radius 1 is 1.17 bits per heavy atom. The highest BCUT2D eigenvalue weighted by Gasteiger charge is 2.19. The molecule has 0 N–H and O–H groups in total. The number of benzene rings is 1. The highest BCUT2D eigenvalue weighted by molar-refractivity contribution is 6.17. The number of hydrogen-bond donors (Lipinski definition) is 0. The lowest BCUT2D eigenvalue weighted by Crippen LogP contribution is -1.94. The summed E-state index contributed by atoms with van der Waals surface area (Å²) in [6, 6.07) is 5.96. The van der Waals surface area contributed by atoms with E-state index < -0.39 is 0 Å². The molecule has 0 bridgehead atoms. The van der Waals surface area contributed by atoms with Crippen LogP contribution in [0.2, 0.25) is 0 Å². The van der Waals surface area contributed by atoms with E-state index in [2.05, 4.69) is 0 Å². The van der Waals surface area contributed by atoms with Crippen molar-refractivity contribution >= 4 is 11.4 Å². The van der Waals surface area contributed by atoms with Gasteiger partial charge >= 0.3 is 0 Å². The molecule has 0 unspecified atom stereocenters. The largest absolute Gasteiger partial charge is 0.289 e. The van der Waals surface area contributed by atoms with Gasteiger partial charge in [-0.05, 0) is 36.6 Å². The van der Waals surface area contributed by atoms with Gasteiger partial charge in [0.15, 0.2) is 5.78 Å². The normalized spacial score (nSPS) is 14.5. The van der Waals surface area contributed by atoms with Crippen LogP contribution < -0.4 is 0 Å². The summed E-state index contributed by atoms with van der Waals surface area (Å²) in [6.45, 7) is 3.95. The number of fused-ring (bicyclic) bond motifs is 1. The predicted octanol–water partition coefficient (Wildman–Crippen LogP) is 2.59. The molecule has 60 valence electrons. The molecule has 0 saturated carbocycles. The SMILES string of the molecule is CC1=CC(=O)c2c(C)cccc21. The highest BCUT2D eigenvalue weighted by Crippen LogP contribution is 2.28. The fourth-order valence-electron chi connectivity index (χ4n) is 1.67. The highest BCUT2D eigenvalue weighted by atomic mass is 16.1. The molecule has 1 nitrogen and oxygen atoms in total. The molecule has 1 aromatic carbocycles. The summed E-state index contributed by atoms with van der Waals surface area (Å²) in [6.07, 6.45) is 1.71. The number of allylic oxidation sites excluding steroid dienone is 2. The van der Waals surface area contributed by atoms with E-state index in [9.17, 15) is 4.79 Å². The lowest BCUT2D eigenvalue weighted by Gasteiger charge is -2.02. The zero-order valence-electron chi connectivity index (χ0n) is 7.22. The maximum atomic E-state index is 11.4. The van der Waals surface area contributed by atoms with Gasteiger partial charge in [0.2, 0.25) is 0 Å². The third-order valence-electron chi connectivity index (χ3n) is 2.29. The van der Waals surface area contributed by atoms with Crippen LogP contribution in [0.15, 0.2) is 24.3 Å². The molecular formula is C11H10O. The van der Waals surface area contributed by atoms with Crippen LogP contribution in [0.1, 0.15) is 28.4 Å². The van der Waals surface area contributed by atoms with E-state index in [1.54, 1.807) is 6.08 Å². The summed E-state index contributed by atoms with van der Waals surface area (Å²) in [5.41, 5.74) is 4.14. The van der Waals surface area contributed by atoms with Gasteiger partial charge in [0.1, 0.15) is 0 Å². The summed E-state index contributed by atoms with van der Waals surface area (Å²) in [7, 11) is 0. The Morgan fingerprint density at radius 2 is 1.92 bits per heavy atom. The summed E-state index contributed by atoms with van der Waals surface area (Å²) in [5, 5.41) is 0. The average Bonchev–Trinajstić information content (AvgIpc) is 2.29. The third-order valence-corrected chi connectivity index (χ3v) is 2.29. The molecule has 0 fully saturated rings. The van der Waals surface area contributed by atoms with Gasteiger partial charge in [0, 0.05) is 5.56 Å². The van der Waals surface area contributed by atoms with Crippen molar-refractivity contribution in [3.8, 4) is 0 Å². The smallest absolute Gasteiger partial charge is 0.186 e. The van der Waals surface area contributed by atoms with Crippen LogP contribution in [-0.2, 0) is 0 Å². The predicted molar refractivity (Wildman–Crippen MR) is 49.2 cm³/mol. The van der Waals surface area contributed by atoms with Crippen molar-refractivity contribution in [1.82, 2.24) is 0 Å². The molecule has 0 aromatic heterocycles. The molecule has 0 aliphatic heterocycles. The van der Waals surface area contributed by atoms with E-state index in [-0.39, 0.29) is 5.78 Å². The summed E-state index contributed by atoms with van der Waals surface area (Å²) in [4.78, 5) is 11.4. The Kier molecular flexibility index (Phi) is 1.40. The molecule has 1 aromatic rings. The van der Waals surface area contributed by atoms with Gasteiger partial charge in [-0.1, -0.05) is 18.2 Å². The Hall–Kier alpha value is -1.37. The quantitative estimate of drug-likeness (QED) is 0.567. The first-order valence-corrected chi connectivity index (χ1v) is 4.03. The topological polar surface area (TPSA) is 17.1 Å². The Bertz CT molecular complexity index is 386. The molecule has 0 radical (unpaired) electrons. The first-order valence-electron chi connectivity index (χ1n) is 4.03. The summed E-state index contributed by atoms with van der Waals surface area (Å²) >= 11 is 0. The zero-order chi connectivity index (χ0) is 8.72. The van der Waals surface area contributed by atoms with Gasteiger partial charge in [-0.25, -0.2) is 0 Å². The number of ketones is 1. The molecule has 1 aliphatic carbocycles. The van der Waals surface area contributed by atoms with Crippen LogP contribution in [0.3, 0.4) is 0 Å². The minimum Gasteiger partial charge on any atom is -0.289 e. The van der Waals surface area contributed by atoms with Crippen molar-refractivity contribution in [2.75, 3.05) is 0 Å². The second kappa shape index (κ2) is 2.31. The number of carbonyl (C=O) groups is 1. The lowest BCUT2D eigenvalue weighted by atomic mass is 10.0. The van der Waals surface area contributed by atoms with Gasteiger partial charge in [-0.15, -0.1) is 0 Å². The number of carbonyl (C=O) groups excluding carboxylic acids is 1. The molecule has 1 heteroatoms. The number of aryl methyl sites for hydroxylation is 1. The van der Waals surface area contributed by atoms with Gasteiger partial charge in [-0.2, -0.15) is 0 Å². The second-order valence-corrected chi connectivity index (χ2v) is 3.19. The Morgan fingerprint density at radius 3 is 2.58 bits per heavy atom. The Balaban J connectivity index is 2.76. The number of hydrogen-bond acceptors (Lipinski definition) is 1. The zero-order valence-corrected chi connectivity index (χ0v) is 7.22. The van der Waals surface area contributed by atoms with E-state index in [0.29, 0.717) is 0 Å². The first kappa shape index (κ1) is 7.29. The van der Waals surface area contributed by atoms with Gasteiger partial charge in [0.05, 0.1) is 0 Å². The second-order valence-electron chi connectivity index (χ2n) is 3.19. The van der Waals surface area contributed by atoms with E-state index in [1.165, 1.54) is 0 Å². The van der Waals surface area contributed by atoms with Crippen molar-refractivity contribution < 1.29 is 4.79 Å². The molecule has 0 saturated heterocycles. The standard InChI is InChI=1S/C11H10O/c1-7-4-3-5-9-8(2)6-10(12)11(7)9/h3-6H,1-2H3. The number of rotatable bonds is 0. The van der Waals surface area contributed by atoms with Crippen molar-refractivity contribution in [2.24, 2.45) is 0 Å². The lowest BCUT2D eigenvalue weighted by molar-refractivity contribution is 0.104. The molecule has 0 atom stereocenters. The van der Waals surface area contributed by atoms with Gasteiger partial charge in [0.25, 0.3) is 0 Å². The molecule has 0 amide bonds. The molecule has 0 spiro atoms. The van der Waals surface area contributed by atoms with Crippen molar-refractivity contribution in [1.29, 1.82) is 0 Å². The molecule has 12 heavy (non-hydrogen) atoms. The van der Waals surface area contributed by atoms with Crippen LogP contribution in [-0.4, -0.2) is 5.78 Å². The Labute approximate surface area is 71.7 Å². The monoisotopic (exact) mass is 158 g/mol. The van der Waals surface area contributed by atoms with E-state index >= 15 is 0 Å². The maximum absolute atomic E-state index is 11.4. The minimum atomic E-state index is 0.153. The maximum Gasteiger partial charge on any atom is 0.186 e. The molecule has 0 heterocycles. The van der Waals surface area contributed by atoms with Crippen LogP contribution in [0, 0.1) is 6.92 Å². The first-order chi connectivity index (χ1) is 5.70. The van der Waals surface area contributed by atoms with Crippen LogP contribution in [0.4, 0.5) is 0 Å². The molecular weight excluding hydrogens is 148 g/mol. The molecule has 2 rings (SSSR count).